The molecule has 1 unspecified atom stereocenters. The minimum Gasteiger partial charge on any atom is -0.508 e. The van der Waals surface area contributed by atoms with E-state index in [1.54, 1.807) is 24.4 Å². The Kier molecular flexibility index (Phi) is 5.85. The Bertz CT molecular complexity index is 605. The van der Waals surface area contributed by atoms with Gasteiger partial charge in [0.2, 0.25) is 0 Å². The molecule has 112 valence electrons. The van der Waals surface area contributed by atoms with Gasteiger partial charge in [-0.05, 0) is 43.1 Å². The SMILES string of the molecule is CCCNC(Cc1cccc(O)c1)c1ncc(Cl)cc1Cl. The van der Waals surface area contributed by atoms with E-state index >= 15 is 0 Å². The van der Waals surface area contributed by atoms with Crippen LogP contribution in [0.1, 0.15) is 30.6 Å². The van der Waals surface area contributed by atoms with Crippen molar-refractivity contribution in [3.63, 3.8) is 0 Å². The topological polar surface area (TPSA) is 45.1 Å². The molecule has 0 aliphatic heterocycles. The predicted molar refractivity (Wildman–Crippen MR) is 87.1 cm³/mol. The number of nitrogens with zero attached hydrogens (tertiary/aromatic N) is 1. The van der Waals surface area contributed by atoms with E-state index in [-0.39, 0.29) is 11.8 Å². The van der Waals surface area contributed by atoms with E-state index in [4.69, 9.17) is 23.2 Å². The van der Waals surface area contributed by atoms with Crippen molar-refractivity contribution in [3.8, 4) is 5.75 Å². The molecular formula is C16H18Cl2N2O. The Morgan fingerprint density at radius 1 is 1.29 bits per heavy atom. The Hall–Kier alpha value is -1.29. The third-order valence-corrected chi connectivity index (χ3v) is 3.67. The lowest BCUT2D eigenvalue weighted by Crippen LogP contribution is -2.25. The quantitative estimate of drug-likeness (QED) is 0.828. The zero-order chi connectivity index (χ0) is 15.2. The van der Waals surface area contributed by atoms with Gasteiger partial charge in [0, 0.05) is 6.20 Å². The fraction of sp³-hybridized carbons (Fsp3) is 0.312. The van der Waals surface area contributed by atoms with Gasteiger partial charge in [-0.3, -0.25) is 4.98 Å². The standard InChI is InChI=1S/C16H18Cl2N2O/c1-2-6-19-15(8-11-4-3-5-13(21)7-11)16-14(18)9-12(17)10-20-16/h3-5,7,9-10,15,19,21H,2,6,8H2,1H3. The van der Waals surface area contributed by atoms with Crippen molar-refractivity contribution in [1.82, 2.24) is 10.3 Å². The molecule has 0 saturated carbocycles. The monoisotopic (exact) mass is 324 g/mol. The number of pyridine rings is 1. The van der Waals surface area contributed by atoms with Crippen LogP contribution in [-0.2, 0) is 6.42 Å². The lowest BCUT2D eigenvalue weighted by Gasteiger charge is -2.19. The van der Waals surface area contributed by atoms with Crippen LogP contribution in [0.3, 0.4) is 0 Å². The molecular weight excluding hydrogens is 307 g/mol. The summed E-state index contributed by atoms with van der Waals surface area (Å²) < 4.78 is 0. The molecule has 0 aliphatic carbocycles. The molecule has 1 aromatic carbocycles. The van der Waals surface area contributed by atoms with Gasteiger partial charge in [0.1, 0.15) is 5.75 Å². The van der Waals surface area contributed by atoms with Crippen LogP contribution in [0.4, 0.5) is 0 Å². The third-order valence-electron chi connectivity index (χ3n) is 3.16. The van der Waals surface area contributed by atoms with E-state index in [1.165, 1.54) is 0 Å². The first-order valence-electron chi connectivity index (χ1n) is 6.92. The predicted octanol–water partition coefficient (Wildman–Crippen LogP) is 4.38. The van der Waals surface area contributed by atoms with Gasteiger partial charge in [0.05, 0.1) is 21.8 Å². The lowest BCUT2D eigenvalue weighted by atomic mass is 10.0. The summed E-state index contributed by atoms with van der Waals surface area (Å²) in [4.78, 5) is 4.36. The smallest absolute Gasteiger partial charge is 0.115 e. The molecule has 0 spiro atoms. The second-order valence-electron chi connectivity index (χ2n) is 4.90. The third kappa shape index (κ3) is 4.60. The van der Waals surface area contributed by atoms with E-state index in [9.17, 15) is 5.11 Å². The molecule has 2 rings (SSSR count). The van der Waals surface area contributed by atoms with Gasteiger partial charge in [0.15, 0.2) is 0 Å². The number of benzene rings is 1. The van der Waals surface area contributed by atoms with E-state index in [0.717, 1.165) is 24.2 Å². The highest BCUT2D eigenvalue weighted by molar-refractivity contribution is 6.34. The zero-order valence-electron chi connectivity index (χ0n) is 11.8. The molecule has 5 heteroatoms. The number of hydrogen-bond acceptors (Lipinski definition) is 3. The highest BCUT2D eigenvalue weighted by Crippen LogP contribution is 2.27. The number of halogens is 2. The first-order chi connectivity index (χ1) is 10.1. The molecule has 0 amide bonds. The average molecular weight is 325 g/mol. The molecule has 0 saturated heterocycles. The van der Waals surface area contributed by atoms with Gasteiger partial charge in [-0.15, -0.1) is 0 Å². The average Bonchev–Trinajstić information content (AvgIpc) is 2.44. The van der Waals surface area contributed by atoms with Crippen LogP contribution >= 0.6 is 23.2 Å². The maximum Gasteiger partial charge on any atom is 0.115 e. The van der Waals surface area contributed by atoms with Crippen molar-refractivity contribution in [2.75, 3.05) is 6.54 Å². The van der Waals surface area contributed by atoms with Gasteiger partial charge in [-0.1, -0.05) is 42.3 Å². The summed E-state index contributed by atoms with van der Waals surface area (Å²) in [6.45, 7) is 2.97. The van der Waals surface area contributed by atoms with Crippen molar-refractivity contribution in [3.05, 3.63) is 57.8 Å². The number of hydrogen-bond donors (Lipinski definition) is 2. The van der Waals surface area contributed by atoms with Crippen LogP contribution in [0.15, 0.2) is 36.5 Å². The maximum atomic E-state index is 9.58. The van der Waals surface area contributed by atoms with Crippen LogP contribution in [0.2, 0.25) is 10.0 Å². The molecule has 0 fully saturated rings. The van der Waals surface area contributed by atoms with Crippen LogP contribution in [0, 0.1) is 0 Å². The Morgan fingerprint density at radius 3 is 2.76 bits per heavy atom. The minimum absolute atomic E-state index is 0.0171. The highest BCUT2D eigenvalue weighted by atomic mass is 35.5. The van der Waals surface area contributed by atoms with Gasteiger partial charge >= 0.3 is 0 Å². The molecule has 2 N–H and O–H groups in total. The summed E-state index contributed by atoms with van der Waals surface area (Å²) in [5.74, 6) is 0.261. The number of aromatic hydroxyl groups is 1. The van der Waals surface area contributed by atoms with Crippen molar-refractivity contribution in [2.45, 2.75) is 25.8 Å². The van der Waals surface area contributed by atoms with Gasteiger partial charge in [-0.2, -0.15) is 0 Å². The van der Waals surface area contributed by atoms with Crippen LogP contribution in [-0.4, -0.2) is 16.6 Å². The Morgan fingerprint density at radius 2 is 2.10 bits per heavy atom. The van der Waals surface area contributed by atoms with Crippen molar-refractivity contribution in [1.29, 1.82) is 0 Å². The summed E-state index contributed by atoms with van der Waals surface area (Å²) in [7, 11) is 0. The van der Waals surface area contributed by atoms with Gasteiger partial charge in [-0.25, -0.2) is 0 Å². The summed E-state index contributed by atoms with van der Waals surface area (Å²) in [5.41, 5.74) is 1.80. The normalized spacial score (nSPS) is 12.3. The summed E-state index contributed by atoms with van der Waals surface area (Å²) >= 11 is 12.2. The fourth-order valence-electron chi connectivity index (χ4n) is 2.18. The number of aromatic nitrogens is 1. The molecule has 2 aromatic rings. The van der Waals surface area contributed by atoms with E-state index < -0.39 is 0 Å². The molecule has 1 atom stereocenters. The van der Waals surface area contributed by atoms with Crippen LogP contribution in [0.5, 0.6) is 5.75 Å². The first-order valence-corrected chi connectivity index (χ1v) is 7.68. The molecule has 21 heavy (non-hydrogen) atoms. The van der Waals surface area contributed by atoms with Crippen molar-refractivity contribution >= 4 is 23.2 Å². The zero-order valence-corrected chi connectivity index (χ0v) is 13.3. The number of phenolic OH excluding ortho intramolecular Hbond substituents is 1. The molecule has 0 aliphatic rings. The maximum absolute atomic E-state index is 9.58. The fourth-order valence-corrected chi connectivity index (χ4v) is 2.70. The van der Waals surface area contributed by atoms with Crippen molar-refractivity contribution < 1.29 is 5.11 Å². The second-order valence-corrected chi connectivity index (χ2v) is 5.74. The number of nitrogens with one attached hydrogen (secondary N) is 1. The Labute approximate surface area is 134 Å². The molecule has 1 heterocycles. The second kappa shape index (κ2) is 7.64. The largest absolute Gasteiger partial charge is 0.508 e. The summed E-state index contributed by atoms with van der Waals surface area (Å²) in [5, 5.41) is 14.1. The van der Waals surface area contributed by atoms with E-state index in [1.807, 2.05) is 12.1 Å². The lowest BCUT2D eigenvalue weighted by molar-refractivity contribution is 0.472. The van der Waals surface area contributed by atoms with Crippen LogP contribution in [0.25, 0.3) is 0 Å². The van der Waals surface area contributed by atoms with E-state index in [2.05, 4.69) is 17.2 Å². The van der Waals surface area contributed by atoms with Crippen molar-refractivity contribution in [2.24, 2.45) is 0 Å². The van der Waals surface area contributed by atoms with E-state index in [0.29, 0.717) is 16.5 Å². The Balaban J connectivity index is 2.25. The van der Waals surface area contributed by atoms with Crippen LogP contribution < -0.4 is 5.32 Å². The minimum atomic E-state index is -0.0171. The van der Waals surface area contributed by atoms with Gasteiger partial charge < -0.3 is 10.4 Å². The highest BCUT2D eigenvalue weighted by Gasteiger charge is 2.17. The first kappa shape index (κ1) is 16.1. The molecule has 3 nitrogen and oxygen atoms in total. The summed E-state index contributed by atoms with van der Waals surface area (Å²) in [6, 6.07) is 8.91. The number of phenols is 1. The van der Waals surface area contributed by atoms with Gasteiger partial charge in [0.25, 0.3) is 0 Å². The molecule has 0 radical (unpaired) electrons. The molecule has 0 bridgehead atoms. The number of rotatable bonds is 6. The molecule has 1 aromatic heterocycles. The summed E-state index contributed by atoms with van der Waals surface area (Å²) in [6.07, 6.45) is 3.32.